The lowest BCUT2D eigenvalue weighted by Crippen LogP contribution is -2.46. The van der Waals surface area contributed by atoms with Crippen LogP contribution in [0.2, 0.25) is 0 Å². The number of amides is 3. The van der Waals surface area contributed by atoms with E-state index in [0.29, 0.717) is 39.0 Å². The highest BCUT2D eigenvalue weighted by Gasteiger charge is 2.32. The molecule has 140 valence electrons. The first-order valence-corrected chi connectivity index (χ1v) is 9.32. The number of carbonyl (C=O) groups is 3. The Kier molecular flexibility index (Phi) is 5.30. The van der Waals surface area contributed by atoms with E-state index in [1.54, 1.807) is 4.90 Å². The summed E-state index contributed by atoms with van der Waals surface area (Å²) in [6.45, 7) is 8.30. The lowest BCUT2D eigenvalue weighted by atomic mass is 9.98. The van der Waals surface area contributed by atoms with Crippen molar-refractivity contribution < 1.29 is 14.4 Å². The third-order valence-electron chi connectivity index (χ3n) is 5.28. The molecule has 0 aliphatic carbocycles. The standard InChI is InChI=1S/C20H27N3O3/c1-13-11-14(2)18(15(3)12-13)20(26)23-8-4-7-22(9-10-23)19(25)16-5-6-17(24)21-16/h11-12,16H,4-10H2,1-3H3,(H,21,24). The van der Waals surface area contributed by atoms with Gasteiger partial charge in [0.05, 0.1) is 0 Å². The maximum absolute atomic E-state index is 13.0. The maximum atomic E-state index is 13.0. The summed E-state index contributed by atoms with van der Waals surface area (Å²) in [7, 11) is 0. The average Bonchev–Trinajstić information content (AvgIpc) is 2.86. The summed E-state index contributed by atoms with van der Waals surface area (Å²) in [4.78, 5) is 40.6. The third kappa shape index (κ3) is 3.74. The van der Waals surface area contributed by atoms with Crippen LogP contribution < -0.4 is 5.32 Å². The lowest BCUT2D eigenvalue weighted by molar-refractivity contribution is -0.134. The fraction of sp³-hybridized carbons (Fsp3) is 0.550. The number of hydrogen-bond donors (Lipinski definition) is 1. The Morgan fingerprint density at radius 1 is 1.00 bits per heavy atom. The van der Waals surface area contributed by atoms with E-state index >= 15 is 0 Å². The first kappa shape index (κ1) is 18.4. The van der Waals surface area contributed by atoms with Crippen molar-refractivity contribution >= 4 is 17.7 Å². The van der Waals surface area contributed by atoms with Crippen LogP contribution >= 0.6 is 0 Å². The minimum Gasteiger partial charge on any atom is -0.344 e. The zero-order valence-corrected chi connectivity index (χ0v) is 15.8. The molecule has 1 N–H and O–H groups in total. The van der Waals surface area contributed by atoms with Crippen molar-refractivity contribution in [3.8, 4) is 0 Å². The third-order valence-corrected chi connectivity index (χ3v) is 5.28. The van der Waals surface area contributed by atoms with Crippen LogP contribution in [0.25, 0.3) is 0 Å². The van der Waals surface area contributed by atoms with Gasteiger partial charge in [-0.25, -0.2) is 0 Å². The molecular formula is C20H27N3O3. The van der Waals surface area contributed by atoms with Crippen molar-refractivity contribution in [3.05, 3.63) is 34.4 Å². The second-order valence-corrected chi connectivity index (χ2v) is 7.40. The number of hydrogen-bond acceptors (Lipinski definition) is 3. The molecule has 2 fully saturated rings. The maximum Gasteiger partial charge on any atom is 0.254 e. The van der Waals surface area contributed by atoms with Crippen LogP contribution in [0.4, 0.5) is 0 Å². The first-order valence-electron chi connectivity index (χ1n) is 9.32. The van der Waals surface area contributed by atoms with Crippen LogP contribution in [0.1, 0.15) is 46.3 Å². The SMILES string of the molecule is Cc1cc(C)c(C(=O)N2CCCN(C(=O)C3CCC(=O)N3)CC2)c(C)c1. The molecule has 2 aliphatic rings. The number of carbonyl (C=O) groups excluding carboxylic acids is 3. The second-order valence-electron chi connectivity index (χ2n) is 7.40. The normalized spacial score (nSPS) is 20.7. The Labute approximate surface area is 154 Å². The van der Waals surface area contributed by atoms with Gasteiger partial charge in [0.1, 0.15) is 6.04 Å². The van der Waals surface area contributed by atoms with Gasteiger partial charge >= 0.3 is 0 Å². The van der Waals surface area contributed by atoms with Gasteiger partial charge in [-0.15, -0.1) is 0 Å². The van der Waals surface area contributed by atoms with Gasteiger partial charge in [0, 0.05) is 38.2 Å². The highest BCUT2D eigenvalue weighted by atomic mass is 16.2. The first-order chi connectivity index (χ1) is 12.4. The fourth-order valence-electron chi connectivity index (χ4n) is 4.04. The van der Waals surface area contributed by atoms with Gasteiger partial charge in [0.25, 0.3) is 5.91 Å². The van der Waals surface area contributed by atoms with E-state index < -0.39 is 6.04 Å². The summed E-state index contributed by atoms with van der Waals surface area (Å²) < 4.78 is 0. The predicted molar refractivity (Wildman–Crippen MR) is 98.9 cm³/mol. The Balaban J connectivity index is 1.68. The molecule has 0 aromatic heterocycles. The van der Waals surface area contributed by atoms with Crippen molar-refractivity contribution in [2.75, 3.05) is 26.2 Å². The molecule has 6 nitrogen and oxygen atoms in total. The minimum atomic E-state index is -0.397. The number of benzene rings is 1. The number of nitrogens with zero attached hydrogens (tertiary/aromatic N) is 2. The summed E-state index contributed by atoms with van der Waals surface area (Å²) in [5, 5.41) is 2.74. The molecule has 0 radical (unpaired) electrons. The average molecular weight is 357 g/mol. The smallest absolute Gasteiger partial charge is 0.254 e. The number of aryl methyl sites for hydroxylation is 3. The Morgan fingerprint density at radius 2 is 1.62 bits per heavy atom. The van der Waals surface area contributed by atoms with Gasteiger partial charge < -0.3 is 15.1 Å². The molecule has 0 saturated carbocycles. The number of nitrogens with one attached hydrogen (secondary N) is 1. The summed E-state index contributed by atoms with van der Waals surface area (Å²) in [5.74, 6) is -0.0309. The van der Waals surface area contributed by atoms with E-state index in [-0.39, 0.29) is 17.7 Å². The second kappa shape index (κ2) is 7.48. The topological polar surface area (TPSA) is 69.7 Å². The van der Waals surface area contributed by atoms with Crippen LogP contribution in [-0.4, -0.2) is 59.7 Å². The molecule has 0 spiro atoms. The van der Waals surface area contributed by atoms with Gasteiger partial charge in [-0.1, -0.05) is 17.7 Å². The summed E-state index contributed by atoms with van der Waals surface area (Å²) >= 11 is 0. The van der Waals surface area contributed by atoms with Gasteiger partial charge in [-0.3, -0.25) is 14.4 Å². The minimum absolute atomic E-state index is 0.0205. The van der Waals surface area contributed by atoms with E-state index in [1.165, 1.54) is 0 Å². The Hall–Kier alpha value is -2.37. The van der Waals surface area contributed by atoms with Crippen molar-refractivity contribution in [1.29, 1.82) is 0 Å². The largest absolute Gasteiger partial charge is 0.344 e. The van der Waals surface area contributed by atoms with Gasteiger partial charge in [-0.05, 0) is 44.7 Å². The van der Waals surface area contributed by atoms with Gasteiger partial charge in [0.15, 0.2) is 0 Å². The van der Waals surface area contributed by atoms with E-state index in [0.717, 1.165) is 28.7 Å². The fourth-order valence-corrected chi connectivity index (χ4v) is 4.04. The van der Waals surface area contributed by atoms with Crippen molar-refractivity contribution in [1.82, 2.24) is 15.1 Å². The van der Waals surface area contributed by atoms with Crippen LogP contribution in [-0.2, 0) is 9.59 Å². The zero-order chi connectivity index (χ0) is 18.8. The predicted octanol–water partition coefficient (Wildman–Crippen LogP) is 1.56. The van der Waals surface area contributed by atoms with E-state index in [4.69, 9.17) is 0 Å². The van der Waals surface area contributed by atoms with Crippen molar-refractivity contribution in [3.63, 3.8) is 0 Å². The molecule has 1 unspecified atom stereocenters. The highest BCUT2D eigenvalue weighted by Crippen LogP contribution is 2.20. The summed E-state index contributed by atoms with van der Waals surface area (Å²) in [6.07, 6.45) is 1.74. The number of rotatable bonds is 2. The quantitative estimate of drug-likeness (QED) is 0.873. The molecule has 26 heavy (non-hydrogen) atoms. The van der Waals surface area contributed by atoms with Crippen LogP contribution in [0.15, 0.2) is 12.1 Å². The van der Waals surface area contributed by atoms with Crippen LogP contribution in [0.3, 0.4) is 0 Å². The molecule has 2 aliphatic heterocycles. The summed E-state index contributed by atoms with van der Waals surface area (Å²) in [6, 6.07) is 3.68. The molecule has 0 bridgehead atoms. The molecule has 1 aromatic carbocycles. The van der Waals surface area contributed by atoms with Crippen molar-refractivity contribution in [2.45, 2.75) is 46.1 Å². The molecule has 6 heteroatoms. The highest BCUT2D eigenvalue weighted by molar-refractivity contribution is 5.97. The lowest BCUT2D eigenvalue weighted by Gasteiger charge is -2.25. The monoisotopic (exact) mass is 357 g/mol. The Morgan fingerprint density at radius 3 is 2.23 bits per heavy atom. The summed E-state index contributed by atoms with van der Waals surface area (Å²) in [5.41, 5.74) is 3.93. The van der Waals surface area contributed by atoms with Crippen LogP contribution in [0.5, 0.6) is 0 Å². The van der Waals surface area contributed by atoms with E-state index in [2.05, 4.69) is 5.32 Å². The molecule has 3 rings (SSSR count). The van der Waals surface area contributed by atoms with E-state index in [9.17, 15) is 14.4 Å². The zero-order valence-electron chi connectivity index (χ0n) is 15.8. The van der Waals surface area contributed by atoms with E-state index in [1.807, 2.05) is 37.8 Å². The molecule has 2 saturated heterocycles. The Bertz CT molecular complexity index is 721. The van der Waals surface area contributed by atoms with Gasteiger partial charge in [-0.2, -0.15) is 0 Å². The molecule has 3 amide bonds. The molecular weight excluding hydrogens is 330 g/mol. The van der Waals surface area contributed by atoms with Crippen LogP contribution in [0, 0.1) is 20.8 Å². The molecule has 1 atom stereocenters. The van der Waals surface area contributed by atoms with Crippen molar-refractivity contribution in [2.24, 2.45) is 0 Å². The van der Waals surface area contributed by atoms with Gasteiger partial charge in [0.2, 0.25) is 11.8 Å². The molecule has 1 aromatic rings. The molecule has 2 heterocycles.